The average Bonchev–Trinajstić information content (AvgIpc) is 2.13. The van der Waals surface area contributed by atoms with Gasteiger partial charge in [0.2, 0.25) is 4.83 Å². The number of alkyl halides is 1. The van der Waals surface area contributed by atoms with Gasteiger partial charge in [0.25, 0.3) is 0 Å². The van der Waals surface area contributed by atoms with E-state index in [1.165, 1.54) is 0 Å². The summed E-state index contributed by atoms with van der Waals surface area (Å²) in [7, 11) is 0. The zero-order valence-electron chi connectivity index (χ0n) is 7.71. The summed E-state index contributed by atoms with van der Waals surface area (Å²) in [4.78, 5) is 21.0. The predicted octanol–water partition coefficient (Wildman–Crippen LogP) is 1.27. The second-order valence-electron chi connectivity index (χ2n) is 2.28. The van der Waals surface area contributed by atoms with Crippen LogP contribution in [0.2, 0.25) is 0 Å². The van der Waals surface area contributed by atoms with Gasteiger partial charge in [-0.25, -0.2) is 0 Å². The molecule has 0 aromatic rings. The maximum atomic E-state index is 11.0. The number of esters is 2. The molecule has 0 aromatic carbocycles. The van der Waals surface area contributed by atoms with Crippen LogP contribution in [0.5, 0.6) is 0 Å². The van der Waals surface area contributed by atoms with Gasteiger partial charge in [0.05, 0.1) is 13.2 Å². The zero-order valence-corrected chi connectivity index (χ0v) is 9.30. The minimum absolute atomic E-state index is 0.252. The van der Waals surface area contributed by atoms with Crippen molar-refractivity contribution in [3.8, 4) is 0 Å². The first-order valence-electron chi connectivity index (χ1n) is 4.10. The van der Waals surface area contributed by atoms with E-state index in [2.05, 4.69) is 20.7 Å². The van der Waals surface area contributed by atoms with E-state index in [4.69, 9.17) is 4.74 Å². The molecule has 0 bridgehead atoms. The summed E-state index contributed by atoms with van der Waals surface area (Å²) < 4.78 is 9.35. The first-order valence-corrected chi connectivity index (χ1v) is 5.02. The highest BCUT2D eigenvalue weighted by atomic mass is 79.9. The van der Waals surface area contributed by atoms with Gasteiger partial charge in [0.1, 0.15) is 0 Å². The summed E-state index contributed by atoms with van der Waals surface area (Å²) in [6.07, 6.45) is 0.730. The minimum Gasteiger partial charge on any atom is -0.465 e. The Morgan fingerprint density at radius 1 is 1.23 bits per heavy atom. The molecule has 0 aromatic heterocycles. The molecule has 5 heteroatoms. The molecule has 0 aliphatic rings. The number of halogens is 1. The van der Waals surface area contributed by atoms with E-state index in [0.29, 0.717) is 6.61 Å². The Balaban J connectivity index is 3.87. The summed E-state index contributed by atoms with van der Waals surface area (Å²) in [6.45, 7) is 4.12. The number of carbonyl (C=O) groups is 2. The molecule has 0 fully saturated rings. The van der Waals surface area contributed by atoms with Gasteiger partial charge >= 0.3 is 11.9 Å². The van der Waals surface area contributed by atoms with Crippen molar-refractivity contribution >= 4 is 27.9 Å². The molecule has 0 spiro atoms. The molecule has 0 saturated heterocycles. The predicted molar refractivity (Wildman–Crippen MR) is 50.6 cm³/mol. The van der Waals surface area contributed by atoms with E-state index in [1.54, 1.807) is 6.92 Å². The van der Waals surface area contributed by atoms with Gasteiger partial charge in [0, 0.05) is 0 Å². The zero-order chi connectivity index (χ0) is 10.3. The summed E-state index contributed by atoms with van der Waals surface area (Å²) in [5.41, 5.74) is 0. The Bertz CT molecular complexity index is 181. The molecule has 0 rings (SSSR count). The largest absolute Gasteiger partial charge is 0.465 e. The molecule has 13 heavy (non-hydrogen) atoms. The molecule has 0 aliphatic carbocycles. The quantitative estimate of drug-likeness (QED) is 0.420. The topological polar surface area (TPSA) is 52.6 Å². The first kappa shape index (κ1) is 12.4. The highest BCUT2D eigenvalue weighted by Crippen LogP contribution is 2.05. The van der Waals surface area contributed by atoms with Crippen LogP contribution in [-0.2, 0) is 19.1 Å². The molecule has 1 unspecified atom stereocenters. The van der Waals surface area contributed by atoms with Crippen LogP contribution in [0, 0.1) is 0 Å². The van der Waals surface area contributed by atoms with Crippen LogP contribution >= 0.6 is 15.9 Å². The number of rotatable bonds is 5. The third kappa shape index (κ3) is 4.87. The van der Waals surface area contributed by atoms with Crippen molar-refractivity contribution in [1.29, 1.82) is 0 Å². The molecule has 76 valence electrons. The van der Waals surface area contributed by atoms with Gasteiger partial charge in [-0.1, -0.05) is 22.9 Å². The smallest absolute Gasteiger partial charge is 0.331 e. The number of hydrogen-bond acceptors (Lipinski definition) is 4. The van der Waals surface area contributed by atoms with Gasteiger partial charge in [-0.05, 0) is 13.3 Å². The van der Waals surface area contributed by atoms with Crippen LogP contribution in [0.1, 0.15) is 20.3 Å². The third-order valence-corrected chi connectivity index (χ3v) is 1.90. The van der Waals surface area contributed by atoms with E-state index in [0.717, 1.165) is 6.42 Å². The maximum Gasteiger partial charge on any atom is 0.331 e. The molecule has 4 nitrogen and oxygen atoms in total. The van der Waals surface area contributed by atoms with Crippen molar-refractivity contribution in [3.63, 3.8) is 0 Å². The maximum absolute atomic E-state index is 11.0. The lowest BCUT2D eigenvalue weighted by Crippen LogP contribution is -2.28. The van der Waals surface area contributed by atoms with Gasteiger partial charge in [-0.3, -0.25) is 9.59 Å². The molecule has 0 amide bonds. The van der Waals surface area contributed by atoms with Crippen LogP contribution in [-0.4, -0.2) is 30.0 Å². The second-order valence-corrected chi connectivity index (χ2v) is 3.20. The molecule has 0 saturated carbocycles. The van der Waals surface area contributed by atoms with Crippen molar-refractivity contribution < 1.29 is 19.1 Å². The van der Waals surface area contributed by atoms with Crippen LogP contribution in [0.25, 0.3) is 0 Å². The van der Waals surface area contributed by atoms with Crippen molar-refractivity contribution in [2.75, 3.05) is 13.2 Å². The normalized spacial score (nSPS) is 11.9. The highest BCUT2D eigenvalue weighted by Gasteiger charge is 2.25. The second kappa shape index (κ2) is 6.88. The number of carbonyl (C=O) groups excluding carboxylic acids is 2. The van der Waals surface area contributed by atoms with Crippen molar-refractivity contribution in [1.82, 2.24) is 0 Å². The summed E-state index contributed by atoms with van der Waals surface area (Å²) in [5, 5.41) is 0. The Labute approximate surface area is 85.7 Å². The fraction of sp³-hybridized carbons (Fsp3) is 0.750. The van der Waals surface area contributed by atoms with Gasteiger partial charge in [-0.2, -0.15) is 0 Å². The van der Waals surface area contributed by atoms with Gasteiger partial charge in [-0.15, -0.1) is 0 Å². The van der Waals surface area contributed by atoms with E-state index >= 15 is 0 Å². The molecule has 0 heterocycles. The number of ether oxygens (including phenoxy) is 2. The lowest BCUT2D eigenvalue weighted by molar-refractivity contribution is -0.152. The van der Waals surface area contributed by atoms with E-state index in [-0.39, 0.29) is 6.61 Å². The van der Waals surface area contributed by atoms with Gasteiger partial charge in [0.15, 0.2) is 0 Å². The van der Waals surface area contributed by atoms with Crippen LogP contribution in [0.3, 0.4) is 0 Å². The summed E-state index contributed by atoms with van der Waals surface area (Å²) in [6, 6.07) is 0. The summed E-state index contributed by atoms with van der Waals surface area (Å²) >= 11 is 2.89. The molecule has 1 atom stereocenters. The van der Waals surface area contributed by atoms with Crippen molar-refractivity contribution in [3.05, 3.63) is 0 Å². The molecule has 0 radical (unpaired) electrons. The third-order valence-electron chi connectivity index (χ3n) is 1.15. The average molecular weight is 253 g/mol. The molecule has 0 aliphatic heterocycles. The monoisotopic (exact) mass is 252 g/mol. The summed E-state index contributed by atoms with van der Waals surface area (Å²) in [5.74, 6) is -1.20. The van der Waals surface area contributed by atoms with E-state index in [1.807, 2.05) is 6.92 Å². The lowest BCUT2D eigenvalue weighted by Gasteiger charge is -2.08. The van der Waals surface area contributed by atoms with Crippen LogP contribution in [0.15, 0.2) is 0 Å². The van der Waals surface area contributed by atoms with E-state index in [9.17, 15) is 9.59 Å². The molecule has 0 N–H and O–H groups in total. The Hall–Kier alpha value is -0.580. The SMILES string of the molecule is CCCOC(=O)C(Br)C(=O)OCC. The fourth-order valence-electron chi connectivity index (χ4n) is 0.587. The fourth-order valence-corrected chi connectivity index (χ4v) is 0.852. The van der Waals surface area contributed by atoms with Gasteiger partial charge < -0.3 is 9.47 Å². The highest BCUT2D eigenvalue weighted by molar-refractivity contribution is 9.10. The van der Waals surface area contributed by atoms with Crippen molar-refractivity contribution in [2.45, 2.75) is 25.1 Å². The molecular weight excluding hydrogens is 240 g/mol. The lowest BCUT2D eigenvalue weighted by atomic mass is 10.4. The Morgan fingerprint density at radius 2 is 1.77 bits per heavy atom. The molecular formula is C8H13BrO4. The Kier molecular flexibility index (Phi) is 6.58. The van der Waals surface area contributed by atoms with Crippen molar-refractivity contribution in [2.24, 2.45) is 0 Å². The minimum atomic E-state index is -1.00. The van der Waals surface area contributed by atoms with Crippen LogP contribution < -0.4 is 0 Å². The standard InChI is InChI=1S/C8H13BrO4/c1-3-5-13-8(11)6(9)7(10)12-4-2/h6H,3-5H2,1-2H3. The first-order chi connectivity index (χ1) is 6.13. The van der Waals surface area contributed by atoms with Crippen LogP contribution in [0.4, 0.5) is 0 Å². The Morgan fingerprint density at radius 3 is 2.23 bits per heavy atom. The number of hydrogen-bond donors (Lipinski definition) is 0. The van der Waals surface area contributed by atoms with E-state index < -0.39 is 16.8 Å².